The van der Waals surface area contributed by atoms with Crippen LogP contribution in [-0.4, -0.2) is 98.2 Å². The monoisotopic (exact) mass is 652 g/mol. The van der Waals surface area contributed by atoms with Gasteiger partial charge >= 0.3 is 0 Å². The Hall–Kier alpha value is -0.800. The quantitative estimate of drug-likeness (QED) is 0.0962. The first-order valence-electron chi connectivity index (χ1n) is 14.7. The summed E-state index contributed by atoms with van der Waals surface area (Å²) in [5.41, 5.74) is 0. The van der Waals surface area contributed by atoms with Gasteiger partial charge in [-0.1, -0.05) is 56.0 Å². The molecular weight excluding hydrogens is 605 g/mol. The van der Waals surface area contributed by atoms with Crippen LogP contribution in [-0.2, 0) is 28.7 Å². The number of carbonyl (C=O) groups excluding carboxylic acids is 4. The predicted octanol–water partition coefficient (Wildman–Crippen LogP) is 3.30. The highest BCUT2D eigenvalue weighted by atomic mass is 33.1. The van der Waals surface area contributed by atoms with E-state index in [1.54, 1.807) is 7.11 Å². The lowest BCUT2D eigenvalue weighted by Crippen LogP contribution is -2.50. The minimum atomic E-state index is -0.985. The van der Waals surface area contributed by atoms with Gasteiger partial charge in [-0.3, -0.25) is 19.2 Å². The predicted molar refractivity (Wildman–Crippen MR) is 172 cm³/mol. The third-order valence-electron chi connectivity index (χ3n) is 6.60. The Kier molecular flexibility index (Phi) is 21.0. The number of amides is 4. The molecule has 2 fully saturated rings. The van der Waals surface area contributed by atoms with E-state index in [1.165, 1.54) is 24.3 Å². The highest BCUT2D eigenvalue weighted by Gasteiger charge is 2.24. The lowest BCUT2D eigenvalue weighted by Gasteiger charge is -2.19. The van der Waals surface area contributed by atoms with Crippen LogP contribution in [0.5, 0.6) is 0 Å². The summed E-state index contributed by atoms with van der Waals surface area (Å²) < 4.78 is 10.3. The maximum atomic E-state index is 12.9. The van der Waals surface area contributed by atoms with Crippen molar-refractivity contribution in [3.05, 3.63) is 0 Å². The Morgan fingerprint density at radius 3 is 1.95 bits per heavy atom. The summed E-state index contributed by atoms with van der Waals surface area (Å²) in [6.45, 7) is 2.05. The van der Waals surface area contributed by atoms with Crippen LogP contribution in [0, 0.1) is 0 Å². The number of unbranched alkanes of at least 4 members (excludes halogenated alkanes) is 2. The fourth-order valence-corrected chi connectivity index (χ4v) is 10.3. The number of hydrogen-bond donors (Lipinski definition) is 4. The summed E-state index contributed by atoms with van der Waals surface area (Å²) in [6.07, 6.45) is 8.96. The van der Waals surface area contributed by atoms with Crippen molar-refractivity contribution in [2.24, 2.45) is 0 Å². The molecule has 4 amide bonds. The Bertz CT molecular complexity index is 770. The number of hydrogen-bond acceptors (Lipinski definition) is 10. The summed E-state index contributed by atoms with van der Waals surface area (Å²) >= 11 is 0. The molecule has 3 atom stereocenters. The van der Waals surface area contributed by atoms with E-state index < -0.39 is 11.9 Å². The normalized spacial score (nSPS) is 19.0. The van der Waals surface area contributed by atoms with Gasteiger partial charge in [-0.05, 0) is 38.5 Å². The first-order valence-corrected chi connectivity index (χ1v) is 19.5. The molecule has 2 rings (SSSR count). The average molecular weight is 653 g/mol. The van der Waals surface area contributed by atoms with Crippen molar-refractivity contribution >= 4 is 66.8 Å². The Morgan fingerprint density at radius 2 is 1.34 bits per heavy atom. The molecule has 2 unspecified atom stereocenters. The minimum absolute atomic E-state index is 0.0285. The molecule has 0 aromatic heterocycles. The Labute approximate surface area is 261 Å². The fourth-order valence-electron chi connectivity index (χ4n) is 4.28. The lowest BCUT2D eigenvalue weighted by atomic mass is 10.1. The standard InChI is InChI=1S/C27H48N4O6S4/c1-36-16-17-37-15-14-29-26(34)20-23(31-25(33)9-5-3-7-22-11-19-39-41-22)27(35)30-13-12-28-24(32)8-4-2-6-21-10-18-38-40-21/h21-23H,2-20H2,1H3,(H,28,32)(H,29,34)(H,30,35)(H,31,33)/t21?,22?,23-/m0/s1. The van der Waals surface area contributed by atoms with Crippen molar-refractivity contribution in [3.63, 3.8) is 0 Å². The summed E-state index contributed by atoms with van der Waals surface area (Å²) in [6, 6.07) is -0.985. The van der Waals surface area contributed by atoms with Crippen LogP contribution in [0.2, 0.25) is 0 Å². The van der Waals surface area contributed by atoms with Gasteiger partial charge in [0.1, 0.15) is 6.04 Å². The number of ether oxygens (including phenoxy) is 2. The molecule has 0 saturated carbocycles. The van der Waals surface area contributed by atoms with Crippen LogP contribution >= 0.6 is 43.2 Å². The van der Waals surface area contributed by atoms with Gasteiger partial charge in [0.15, 0.2) is 0 Å². The fraction of sp³-hybridized carbons (Fsp3) is 0.852. The largest absolute Gasteiger partial charge is 0.382 e. The average Bonchev–Trinajstić information content (AvgIpc) is 3.68. The molecule has 2 aliphatic heterocycles. The Balaban J connectivity index is 1.67. The van der Waals surface area contributed by atoms with Crippen molar-refractivity contribution in [2.75, 3.05) is 58.1 Å². The molecule has 2 saturated heterocycles. The smallest absolute Gasteiger partial charge is 0.243 e. The van der Waals surface area contributed by atoms with Crippen molar-refractivity contribution in [1.29, 1.82) is 0 Å². The molecule has 0 bridgehead atoms. The highest BCUT2D eigenvalue weighted by Crippen LogP contribution is 2.40. The summed E-state index contributed by atoms with van der Waals surface area (Å²) in [7, 11) is 9.32. The molecule has 2 heterocycles. The van der Waals surface area contributed by atoms with Gasteiger partial charge in [-0.25, -0.2) is 0 Å². The lowest BCUT2D eigenvalue weighted by molar-refractivity contribution is -0.132. The number of methoxy groups -OCH3 is 1. The Morgan fingerprint density at radius 1 is 0.732 bits per heavy atom. The van der Waals surface area contributed by atoms with E-state index in [0.717, 1.165) is 43.8 Å². The molecular formula is C27H48N4O6S4. The molecule has 10 nitrogen and oxygen atoms in total. The van der Waals surface area contributed by atoms with Crippen LogP contribution in [0.4, 0.5) is 0 Å². The van der Waals surface area contributed by atoms with E-state index in [4.69, 9.17) is 9.47 Å². The van der Waals surface area contributed by atoms with E-state index in [0.29, 0.717) is 51.0 Å². The molecule has 4 N–H and O–H groups in total. The molecule has 41 heavy (non-hydrogen) atoms. The zero-order chi connectivity index (χ0) is 29.5. The van der Waals surface area contributed by atoms with Crippen LogP contribution in [0.3, 0.4) is 0 Å². The van der Waals surface area contributed by atoms with Gasteiger partial charge in [-0.15, -0.1) is 0 Å². The zero-order valence-electron chi connectivity index (χ0n) is 24.2. The molecule has 0 spiro atoms. The summed E-state index contributed by atoms with van der Waals surface area (Å²) in [5.74, 6) is 1.36. The molecule has 14 heteroatoms. The molecule has 236 valence electrons. The van der Waals surface area contributed by atoms with Crippen molar-refractivity contribution in [1.82, 2.24) is 21.3 Å². The van der Waals surface area contributed by atoms with Gasteiger partial charge in [0, 0.05) is 61.6 Å². The van der Waals surface area contributed by atoms with Crippen LogP contribution < -0.4 is 21.3 Å². The topological polar surface area (TPSA) is 135 Å². The van der Waals surface area contributed by atoms with Crippen molar-refractivity contribution < 1.29 is 28.7 Å². The first kappa shape index (κ1) is 36.4. The maximum absolute atomic E-state index is 12.9. The summed E-state index contributed by atoms with van der Waals surface area (Å²) in [4.78, 5) is 50.1. The van der Waals surface area contributed by atoms with Crippen LogP contribution in [0.25, 0.3) is 0 Å². The maximum Gasteiger partial charge on any atom is 0.243 e. The van der Waals surface area contributed by atoms with E-state index in [2.05, 4.69) is 21.3 Å². The second-order valence-electron chi connectivity index (χ2n) is 10.1. The molecule has 0 aliphatic carbocycles. The zero-order valence-corrected chi connectivity index (χ0v) is 27.5. The van der Waals surface area contributed by atoms with Gasteiger partial charge in [-0.2, -0.15) is 0 Å². The van der Waals surface area contributed by atoms with Gasteiger partial charge < -0.3 is 30.7 Å². The van der Waals surface area contributed by atoms with Gasteiger partial charge in [0.05, 0.1) is 26.2 Å². The number of carbonyl (C=O) groups is 4. The third-order valence-corrected chi connectivity index (χ3v) is 12.6. The first-order chi connectivity index (χ1) is 20.0. The number of rotatable bonds is 23. The second kappa shape index (κ2) is 23.6. The van der Waals surface area contributed by atoms with Crippen LogP contribution in [0.1, 0.15) is 70.6 Å². The van der Waals surface area contributed by atoms with E-state index in [1.807, 2.05) is 43.2 Å². The molecule has 0 aromatic carbocycles. The van der Waals surface area contributed by atoms with Crippen molar-refractivity contribution in [2.45, 2.75) is 87.2 Å². The third kappa shape index (κ3) is 18.5. The van der Waals surface area contributed by atoms with E-state index in [9.17, 15) is 19.2 Å². The van der Waals surface area contributed by atoms with Crippen LogP contribution in [0.15, 0.2) is 0 Å². The minimum Gasteiger partial charge on any atom is -0.382 e. The molecule has 2 aliphatic rings. The van der Waals surface area contributed by atoms with Gasteiger partial charge in [0.2, 0.25) is 23.6 Å². The molecule has 0 aromatic rings. The summed E-state index contributed by atoms with van der Waals surface area (Å²) in [5, 5.41) is 12.4. The second-order valence-corrected chi connectivity index (χ2v) is 15.6. The highest BCUT2D eigenvalue weighted by molar-refractivity contribution is 8.77. The van der Waals surface area contributed by atoms with Crippen molar-refractivity contribution in [3.8, 4) is 0 Å². The van der Waals surface area contributed by atoms with Gasteiger partial charge in [0.25, 0.3) is 0 Å². The SMILES string of the molecule is COCCOCCNC(=O)C[C@H](NC(=O)CCCCC1CCSS1)C(=O)NCCNC(=O)CCCCC1CCSS1. The van der Waals surface area contributed by atoms with E-state index >= 15 is 0 Å². The van der Waals surface area contributed by atoms with E-state index in [-0.39, 0.29) is 30.7 Å². The number of nitrogens with one attached hydrogen (secondary N) is 4. The molecule has 0 radical (unpaired) electrons.